The fourth-order valence-electron chi connectivity index (χ4n) is 3.29. The number of nitrogens with zero attached hydrogens (tertiary/aromatic N) is 5. The third-order valence-corrected chi connectivity index (χ3v) is 5.09. The zero-order valence-electron chi connectivity index (χ0n) is 13.9. The van der Waals surface area contributed by atoms with E-state index in [0.717, 1.165) is 4.47 Å². The Morgan fingerprint density at radius 3 is 2.77 bits per heavy atom. The highest BCUT2D eigenvalue weighted by atomic mass is 79.9. The number of fused-ring (bicyclic) bond motifs is 1. The predicted molar refractivity (Wildman–Crippen MR) is 99.9 cm³/mol. The molecule has 1 aliphatic rings. The molecular formula is C18H16BrN5O2. The van der Waals surface area contributed by atoms with Crippen molar-refractivity contribution in [3.05, 3.63) is 63.5 Å². The molecule has 0 radical (unpaired) electrons. The zero-order valence-corrected chi connectivity index (χ0v) is 15.5. The monoisotopic (exact) mass is 413 g/mol. The highest BCUT2D eigenvalue weighted by Crippen LogP contribution is 2.23. The summed E-state index contributed by atoms with van der Waals surface area (Å²) in [4.78, 5) is 39.6. The number of amides is 1. The number of rotatable bonds is 2. The van der Waals surface area contributed by atoms with Crippen molar-refractivity contribution >= 4 is 32.9 Å². The second-order valence-corrected chi connectivity index (χ2v) is 7.16. The topological polar surface area (TPSA) is 81.0 Å². The van der Waals surface area contributed by atoms with E-state index in [1.165, 1.54) is 0 Å². The molecule has 4 heterocycles. The summed E-state index contributed by atoms with van der Waals surface area (Å²) >= 11 is 3.34. The van der Waals surface area contributed by atoms with Crippen molar-refractivity contribution in [2.24, 2.45) is 0 Å². The summed E-state index contributed by atoms with van der Waals surface area (Å²) < 4.78 is 2.45. The van der Waals surface area contributed by atoms with Crippen LogP contribution in [0.4, 0.5) is 0 Å². The Morgan fingerprint density at radius 2 is 2.00 bits per heavy atom. The van der Waals surface area contributed by atoms with Crippen LogP contribution in [0.3, 0.4) is 0 Å². The number of pyridine rings is 2. The van der Waals surface area contributed by atoms with Gasteiger partial charge in [0.05, 0.1) is 10.9 Å². The standard InChI is InChI=1S/C18H16BrN5O2/c19-13-8-12(9-20-10-13)17(25)23-6-3-14(4-7-23)24-11-22-16-15(18(24)26)2-1-5-21-16/h1-2,5,8-11,14H,3-4,6-7H2. The van der Waals surface area contributed by atoms with Crippen molar-refractivity contribution in [3.8, 4) is 0 Å². The first kappa shape index (κ1) is 16.8. The van der Waals surface area contributed by atoms with Crippen LogP contribution in [0.2, 0.25) is 0 Å². The Labute approximate surface area is 157 Å². The molecule has 1 amide bonds. The normalized spacial score (nSPS) is 15.3. The largest absolute Gasteiger partial charge is 0.338 e. The van der Waals surface area contributed by atoms with Gasteiger partial charge in [0.2, 0.25) is 0 Å². The second-order valence-electron chi connectivity index (χ2n) is 6.25. The van der Waals surface area contributed by atoms with Crippen molar-refractivity contribution < 1.29 is 4.79 Å². The summed E-state index contributed by atoms with van der Waals surface area (Å²) in [5.41, 5.74) is 0.945. The lowest BCUT2D eigenvalue weighted by atomic mass is 10.0. The molecule has 1 saturated heterocycles. The first-order chi connectivity index (χ1) is 12.6. The van der Waals surface area contributed by atoms with Crippen molar-refractivity contribution in [1.82, 2.24) is 24.4 Å². The summed E-state index contributed by atoms with van der Waals surface area (Å²) in [7, 11) is 0. The van der Waals surface area contributed by atoms with Crippen LogP contribution in [0.1, 0.15) is 29.2 Å². The van der Waals surface area contributed by atoms with Gasteiger partial charge in [0.15, 0.2) is 5.65 Å². The minimum Gasteiger partial charge on any atom is -0.338 e. The molecule has 0 bridgehead atoms. The third kappa shape index (κ3) is 3.12. The Kier molecular flexibility index (Phi) is 4.50. The van der Waals surface area contributed by atoms with E-state index in [1.54, 1.807) is 52.6 Å². The fraction of sp³-hybridized carbons (Fsp3) is 0.278. The molecule has 7 nitrogen and oxygen atoms in total. The van der Waals surface area contributed by atoms with E-state index in [9.17, 15) is 9.59 Å². The molecule has 0 aliphatic carbocycles. The van der Waals surface area contributed by atoms with Gasteiger partial charge in [-0.05, 0) is 47.0 Å². The summed E-state index contributed by atoms with van der Waals surface area (Å²) in [6.07, 6.45) is 7.83. The van der Waals surface area contributed by atoms with Gasteiger partial charge in [-0.25, -0.2) is 9.97 Å². The number of carbonyl (C=O) groups is 1. The SMILES string of the molecule is O=C(c1cncc(Br)c1)N1CCC(n2cnc3ncccc3c2=O)CC1. The Bertz CT molecular complexity index is 1030. The smallest absolute Gasteiger partial charge is 0.263 e. The lowest BCUT2D eigenvalue weighted by Crippen LogP contribution is -2.41. The molecular weight excluding hydrogens is 398 g/mol. The van der Waals surface area contributed by atoms with E-state index >= 15 is 0 Å². The highest BCUT2D eigenvalue weighted by Gasteiger charge is 2.25. The predicted octanol–water partition coefficient (Wildman–Crippen LogP) is 2.43. The molecule has 3 aromatic rings. The molecule has 1 aliphatic heterocycles. The van der Waals surface area contributed by atoms with Gasteiger partial charge in [0, 0.05) is 42.2 Å². The average molecular weight is 414 g/mol. The molecule has 3 aromatic heterocycles. The first-order valence-corrected chi connectivity index (χ1v) is 9.14. The second kappa shape index (κ2) is 6.95. The summed E-state index contributed by atoms with van der Waals surface area (Å²) in [5, 5.41) is 0.522. The van der Waals surface area contributed by atoms with Crippen LogP contribution in [0.25, 0.3) is 11.0 Å². The van der Waals surface area contributed by atoms with Crippen molar-refractivity contribution in [2.75, 3.05) is 13.1 Å². The zero-order chi connectivity index (χ0) is 18.1. The van der Waals surface area contributed by atoms with Crippen LogP contribution >= 0.6 is 15.9 Å². The van der Waals surface area contributed by atoms with E-state index in [2.05, 4.69) is 30.9 Å². The number of halogens is 1. The van der Waals surface area contributed by atoms with Gasteiger partial charge in [-0.3, -0.25) is 19.1 Å². The minimum absolute atomic E-state index is 0.0318. The van der Waals surface area contributed by atoms with E-state index in [1.807, 2.05) is 0 Å². The van der Waals surface area contributed by atoms with Crippen LogP contribution < -0.4 is 5.56 Å². The number of likely N-dealkylation sites (tertiary alicyclic amines) is 1. The Hall–Kier alpha value is -2.61. The molecule has 0 unspecified atom stereocenters. The number of aromatic nitrogens is 4. The maximum Gasteiger partial charge on any atom is 0.263 e. The van der Waals surface area contributed by atoms with Gasteiger partial charge in [-0.2, -0.15) is 0 Å². The lowest BCUT2D eigenvalue weighted by molar-refractivity contribution is 0.0692. The molecule has 26 heavy (non-hydrogen) atoms. The molecule has 0 saturated carbocycles. The van der Waals surface area contributed by atoms with E-state index < -0.39 is 0 Å². The number of carbonyl (C=O) groups excluding carboxylic acids is 1. The van der Waals surface area contributed by atoms with Crippen molar-refractivity contribution in [1.29, 1.82) is 0 Å². The Morgan fingerprint density at radius 1 is 1.19 bits per heavy atom. The molecule has 0 spiro atoms. The van der Waals surface area contributed by atoms with Gasteiger partial charge in [0.25, 0.3) is 11.5 Å². The van der Waals surface area contributed by atoms with Crippen molar-refractivity contribution in [2.45, 2.75) is 18.9 Å². The van der Waals surface area contributed by atoms with Crippen LogP contribution in [0, 0.1) is 0 Å². The van der Waals surface area contributed by atoms with Crippen LogP contribution in [-0.2, 0) is 0 Å². The maximum absolute atomic E-state index is 12.7. The van der Waals surface area contributed by atoms with E-state index in [4.69, 9.17) is 0 Å². The van der Waals surface area contributed by atoms with Crippen LogP contribution in [0.5, 0.6) is 0 Å². The summed E-state index contributed by atoms with van der Waals surface area (Å²) in [6.45, 7) is 1.18. The van der Waals surface area contributed by atoms with Gasteiger partial charge in [-0.15, -0.1) is 0 Å². The summed E-state index contributed by atoms with van der Waals surface area (Å²) in [6, 6.07) is 5.28. The number of hydrogen-bond acceptors (Lipinski definition) is 5. The molecule has 0 N–H and O–H groups in total. The molecule has 4 rings (SSSR count). The number of piperidine rings is 1. The van der Waals surface area contributed by atoms with Crippen LogP contribution in [0.15, 0.2) is 52.4 Å². The molecule has 0 aromatic carbocycles. The molecule has 8 heteroatoms. The van der Waals surface area contributed by atoms with Gasteiger partial charge in [-0.1, -0.05) is 0 Å². The summed E-state index contributed by atoms with van der Waals surface area (Å²) in [5.74, 6) is -0.0366. The van der Waals surface area contributed by atoms with E-state index in [-0.39, 0.29) is 17.5 Å². The van der Waals surface area contributed by atoms with Crippen molar-refractivity contribution in [3.63, 3.8) is 0 Å². The highest BCUT2D eigenvalue weighted by molar-refractivity contribution is 9.10. The quantitative estimate of drug-likeness (QED) is 0.644. The van der Waals surface area contributed by atoms with E-state index in [0.29, 0.717) is 42.5 Å². The molecule has 1 fully saturated rings. The molecule has 0 atom stereocenters. The molecule has 132 valence electrons. The minimum atomic E-state index is -0.0796. The Balaban J connectivity index is 1.51. The lowest BCUT2D eigenvalue weighted by Gasteiger charge is -2.32. The first-order valence-electron chi connectivity index (χ1n) is 8.35. The van der Waals surface area contributed by atoms with Gasteiger partial charge >= 0.3 is 0 Å². The van der Waals surface area contributed by atoms with Gasteiger partial charge < -0.3 is 4.90 Å². The maximum atomic E-state index is 12.7. The fourth-order valence-corrected chi connectivity index (χ4v) is 3.66. The third-order valence-electron chi connectivity index (χ3n) is 4.65. The number of hydrogen-bond donors (Lipinski definition) is 0. The average Bonchev–Trinajstić information content (AvgIpc) is 2.68. The van der Waals surface area contributed by atoms with Crippen LogP contribution in [-0.4, -0.2) is 43.4 Å². The van der Waals surface area contributed by atoms with Gasteiger partial charge in [0.1, 0.15) is 6.33 Å².